The van der Waals surface area contributed by atoms with Crippen molar-refractivity contribution in [1.29, 1.82) is 0 Å². The lowest BCUT2D eigenvalue weighted by Crippen LogP contribution is -2.43. The monoisotopic (exact) mass is 309 g/mol. The number of oxime groups is 1. The maximum atomic E-state index is 12.8. The van der Waals surface area contributed by atoms with Gasteiger partial charge in [0.2, 0.25) is 10.0 Å². The highest BCUT2D eigenvalue weighted by atomic mass is 32.2. The number of sulfonamides is 1. The summed E-state index contributed by atoms with van der Waals surface area (Å²) in [5.41, 5.74) is 7.99. The van der Waals surface area contributed by atoms with Gasteiger partial charge in [0.15, 0.2) is 5.84 Å². The zero-order valence-corrected chi connectivity index (χ0v) is 12.5. The number of aryl methyl sites for hydroxylation is 2. The summed E-state index contributed by atoms with van der Waals surface area (Å²) >= 11 is 0. The van der Waals surface area contributed by atoms with Gasteiger partial charge in [-0.2, -0.15) is 4.31 Å². The molecule has 0 amide bonds. The summed E-state index contributed by atoms with van der Waals surface area (Å²) in [4.78, 5) is 0.306. The summed E-state index contributed by atoms with van der Waals surface area (Å²) in [5.74, 6) is -0.0442. The smallest absolute Gasteiger partial charge is 0.243 e. The topological polar surface area (TPSA) is 96.0 Å². The van der Waals surface area contributed by atoms with E-state index in [0.29, 0.717) is 24.3 Å². The lowest BCUT2D eigenvalue weighted by Gasteiger charge is -2.23. The SMILES string of the molecule is NC(=NO)C1CCCN1S(=O)(=O)c1ccc2c(c1)CCC2. The predicted molar refractivity (Wildman–Crippen MR) is 78.8 cm³/mol. The van der Waals surface area contributed by atoms with Crippen molar-refractivity contribution in [2.45, 2.75) is 43.0 Å². The van der Waals surface area contributed by atoms with E-state index in [1.54, 1.807) is 12.1 Å². The zero-order valence-electron chi connectivity index (χ0n) is 11.7. The van der Waals surface area contributed by atoms with Crippen LogP contribution in [0.15, 0.2) is 28.3 Å². The van der Waals surface area contributed by atoms with Crippen molar-refractivity contribution in [1.82, 2.24) is 4.31 Å². The summed E-state index contributed by atoms with van der Waals surface area (Å²) < 4.78 is 26.9. The fourth-order valence-corrected chi connectivity index (χ4v) is 4.95. The first-order chi connectivity index (χ1) is 10.0. The predicted octanol–water partition coefficient (Wildman–Crippen LogP) is 1.07. The first-order valence-corrected chi connectivity index (χ1v) is 8.59. The Balaban J connectivity index is 1.96. The van der Waals surface area contributed by atoms with Gasteiger partial charge < -0.3 is 10.9 Å². The molecule has 0 spiro atoms. The molecule has 0 aromatic heterocycles. The molecule has 2 aliphatic rings. The van der Waals surface area contributed by atoms with Crippen LogP contribution in [-0.2, 0) is 22.9 Å². The van der Waals surface area contributed by atoms with Crippen molar-refractivity contribution in [3.63, 3.8) is 0 Å². The van der Waals surface area contributed by atoms with Crippen LogP contribution in [0.2, 0.25) is 0 Å². The molecule has 3 rings (SSSR count). The Bertz CT molecular complexity index is 685. The van der Waals surface area contributed by atoms with Gasteiger partial charge in [-0.3, -0.25) is 0 Å². The van der Waals surface area contributed by atoms with Crippen molar-refractivity contribution in [3.8, 4) is 0 Å². The molecular weight excluding hydrogens is 290 g/mol. The maximum Gasteiger partial charge on any atom is 0.243 e. The Morgan fingerprint density at radius 2 is 2.05 bits per heavy atom. The van der Waals surface area contributed by atoms with Gasteiger partial charge in [0.25, 0.3) is 0 Å². The molecule has 1 fully saturated rings. The number of amidine groups is 1. The number of hydrogen-bond acceptors (Lipinski definition) is 4. The van der Waals surface area contributed by atoms with E-state index in [-0.39, 0.29) is 5.84 Å². The normalized spacial score (nSPS) is 23.4. The van der Waals surface area contributed by atoms with Crippen molar-refractivity contribution in [2.24, 2.45) is 10.9 Å². The highest BCUT2D eigenvalue weighted by Crippen LogP contribution is 2.30. The molecule has 1 atom stereocenters. The summed E-state index contributed by atoms with van der Waals surface area (Å²) in [6, 6.07) is 4.80. The fraction of sp³-hybridized carbons (Fsp3) is 0.500. The molecule has 21 heavy (non-hydrogen) atoms. The third-order valence-corrected chi connectivity index (χ3v) is 6.24. The average Bonchev–Trinajstić information content (AvgIpc) is 3.14. The number of hydrogen-bond donors (Lipinski definition) is 2. The molecule has 3 N–H and O–H groups in total. The van der Waals surface area contributed by atoms with Crippen LogP contribution >= 0.6 is 0 Å². The van der Waals surface area contributed by atoms with Crippen LogP contribution < -0.4 is 5.73 Å². The molecule has 1 heterocycles. The van der Waals surface area contributed by atoms with Gasteiger partial charge in [0.05, 0.1) is 10.9 Å². The molecule has 1 aliphatic heterocycles. The van der Waals surface area contributed by atoms with Crippen LogP contribution in [0.25, 0.3) is 0 Å². The molecule has 0 saturated carbocycles. The molecule has 6 nitrogen and oxygen atoms in total. The van der Waals surface area contributed by atoms with E-state index in [4.69, 9.17) is 10.9 Å². The van der Waals surface area contributed by atoms with Gasteiger partial charge in [-0.1, -0.05) is 11.2 Å². The van der Waals surface area contributed by atoms with Crippen molar-refractivity contribution in [3.05, 3.63) is 29.3 Å². The number of nitrogens with zero attached hydrogens (tertiary/aromatic N) is 2. The van der Waals surface area contributed by atoms with Crippen molar-refractivity contribution in [2.75, 3.05) is 6.54 Å². The zero-order chi connectivity index (χ0) is 15.0. The first-order valence-electron chi connectivity index (χ1n) is 7.15. The molecule has 1 unspecified atom stereocenters. The fourth-order valence-electron chi connectivity index (χ4n) is 3.23. The van der Waals surface area contributed by atoms with Gasteiger partial charge in [0.1, 0.15) is 0 Å². The van der Waals surface area contributed by atoms with E-state index in [0.717, 1.165) is 24.8 Å². The number of fused-ring (bicyclic) bond motifs is 1. The van der Waals surface area contributed by atoms with E-state index in [1.807, 2.05) is 6.07 Å². The standard InChI is InChI=1S/C14H19N3O3S/c15-14(16-18)13-5-2-8-17(13)21(19,20)12-7-6-10-3-1-4-11(10)9-12/h6-7,9,13,18H,1-5,8H2,(H2,15,16). The van der Waals surface area contributed by atoms with Crippen LogP contribution in [0.1, 0.15) is 30.4 Å². The van der Waals surface area contributed by atoms with E-state index in [1.165, 1.54) is 9.87 Å². The highest BCUT2D eigenvalue weighted by Gasteiger charge is 2.38. The molecule has 0 radical (unpaired) electrons. The number of benzene rings is 1. The Morgan fingerprint density at radius 1 is 1.29 bits per heavy atom. The summed E-state index contributed by atoms with van der Waals surface area (Å²) in [5, 5.41) is 11.8. The Labute approximate surface area is 124 Å². The van der Waals surface area contributed by atoms with Crippen molar-refractivity contribution >= 4 is 15.9 Å². The van der Waals surface area contributed by atoms with Gasteiger partial charge in [-0.15, -0.1) is 0 Å². The molecule has 1 saturated heterocycles. The molecule has 1 aromatic carbocycles. The Hall–Kier alpha value is -1.60. The summed E-state index contributed by atoms with van der Waals surface area (Å²) in [6.07, 6.45) is 4.33. The van der Waals surface area contributed by atoms with E-state index in [9.17, 15) is 8.42 Å². The minimum Gasteiger partial charge on any atom is -0.409 e. The number of nitrogens with two attached hydrogens (primary N) is 1. The van der Waals surface area contributed by atoms with E-state index >= 15 is 0 Å². The first kappa shape index (κ1) is 14.3. The third-order valence-electron chi connectivity index (χ3n) is 4.34. The van der Waals surface area contributed by atoms with Crippen LogP contribution in [0.3, 0.4) is 0 Å². The molecule has 1 aromatic rings. The van der Waals surface area contributed by atoms with Gasteiger partial charge in [0, 0.05) is 6.54 Å². The quantitative estimate of drug-likeness (QED) is 0.378. The second-order valence-electron chi connectivity index (χ2n) is 5.58. The van der Waals surface area contributed by atoms with Crippen LogP contribution in [0.5, 0.6) is 0 Å². The Morgan fingerprint density at radius 3 is 2.81 bits per heavy atom. The molecular formula is C14H19N3O3S. The largest absolute Gasteiger partial charge is 0.409 e. The van der Waals surface area contributed by atoms with Gasteiger partial charge in [-0.25, -0.2) is 8.42 Å². The lowest BCUT2D eigenvalue weighted by atomic mass is 10.1. The average molecular weight is 309 g/mol. The maximum absolute atomic E-state index is 12.8. The molecule has 7 heteroatoms. The third kappa shape index (κ3) is 2.40. The minimum atomic E-state index is -3.60. The molecule has 114 valence electrons. The van der Waals surface area contributed by atoms with E-state index < -0.39 is 16.1 Å². The van der Waals surface area contributed by atoms with Crippen LogP contribution in [-0.4, -0.2) is 36.4 Å². The second kappa shape index (κ2) is 5.31. The minimum absolute atomic E-state index is 0.0442. The highest BCUT2D eigenvalue weighted by molar-refractivity contribution is 7.89. The molecule has 1 aliphatic carbocycles. The summed E-state index contributed by atoms with van der Waals surface area (Å²) in [7, 11) is -3.60. The summed E-state index contributed by atoms with van der Waals surface area (Å²) in [6.45, 7) is 0.403. The van der Waals surface area contributed by atoms with Gasteiger partial charge >= 0.3 is 0 Å². The van der Waals surface area contributed by atoms with Gasteiger partial charge in [-0.05, 0) is 55.4 Å². The molecule has 0 bridgehead atoms. The van der Waals surface area contributed by atoms with Crippen LogP contribution in [0, 0.1) is 0 Å². The van der Waals surface area contributed by atoms with E-state index in [2.05, 4.69) is 5.16 Å². The Kier molecular flexibility index (Phi) is 3.62. The number of rotatable bonds is 3. The second-order valence-corrected chi connectivity index (χ2v) is 7.47. The lowest BCUT2D eigenvalue weighted by molar-refractivity contribution is 0.311. The van der Waals surface area contributed by atoms with Crippen LogP contribution in [0.4, 0.5) is 0 Å². The van der Waals surface area contributed by atoms with Crippen molar-refractivity contribution < 1.29 is 13.6 Å².